The number of fused-ring (bicyclic) bond motifs is 3. The van der Waals surface area contributed by atoms with E-state index in [4.69, 9.17) is 23.7 Å². The van der Waals surface area contributed by atoms with Crippen LogP contribution in [0, 0.1) is 5.92 Å². The lowest BCUT2D eigenvalue weighted by Gasteiger charge is -2.42. The SMILES string of the molecule is C=C(O[C@H]1C(C)=C2[C@H]3OC(=O)[C@](C)(O)[C@]3(O)[C@H](OC(=O)CCC)C[C@@](C)(OC(C)=O)[C@@H]2[C@@H]1OC(=O)CCCCCCC)/C(C)=C\C. The van der Waals surface area contributed by atoms with Crippen molar-refractivity contribution in [3.63, 3.8) is 0 Å². The summed E-state index contributed by atoms with van der Waals surface area (Å²) in [5.41, 5.74) is -5.21. The number of ether oxygens (including phenoxy) is 5. The van der Waals surface area contributed by atoms with Crippen LogP contribution in [0.15, 0.2) is 35.1 Å². The molecule has 258 valence electrons. The molecule has 1 saturated carbocycles. The Labute approximate surface area is 272 Å². The molecule has 0 aromatic rings. The lowest BCUT2D eigenvalue weighted by Crippen LogP contribution is -2.64. The quantitative estimate of drug-likeness (QED) is 0.0659. The Morgan fingerprint density at radius 3 is 2.20 bits per heavy atom. The first-order valence-corrected chi connectivity index (χ1v) is 16.4. The van der Waals surface area contributed by atoms with Crippen LogP contribution in [0.4, 0.5) is 0 Å². The number of unbranched alkanes of at least 4 members (excludes halogenated alkanes) is 4. The summed E-state index contributed by atoms with van der Waals surface area (Å²) in [6.07, 6.45) is 1.41. The molecule has 46 heavy (non-hydrogen) atoms. The predicted molar refractivity (Wildman–Crippen MR) is 168 cm³/mol. The van der Waals surface area contributed by atoms with Crippen molar-refractivity contribution in [3.8, 4) is 0 Å². The largest absolute Gasteiger partial charge is 0.483 e. The summed E-state index contributed by atoms with van der Waals surface area (Å²) < 4.78 is 30.0. The Morgan fingerprint density at radius 1 is 0.978 bits per heavy atom. The molecule has 2 aliphatic carbocycles. The number of hydrogen-bond donors (Lipinski definition) is 2. The number of carbonyl (C=O) groups excluding carboxylic acids is 4. The van der Waals surface area contributed by atoms with E-state index in [1.807, 2.05) is 19.9 Å². The van der Waals surface area contributed by atoms with Gasteiger partial charge < -0.3 is 33.9 Å². The molecule has 0 unspecified atom stereocenters. The predicted octanol–water partition coefficient (Wildman–Crippen LogP) is 4.92. The van der Waals surface area contributed by atoms with Gasteiger partial charge in [-0.15, -0.1) is 0 Å². The molecule has 11 heteroatoms. The summed E-state index contributed by atoms with van der Waals surface area (Å²) in [5.74, 6) is -3.70. The van der Waals surface area contributed by atoms with Crippen molar-refractivity contribution in [1.82, 2.24) is 0 Å². The first-order chi connectivity index (χ1) is 21.5. The van der Waals surface area contributed by atoms with Gasteiger partial charge in [0.25, 0.3) is 0 Å². The topological polar surface area (TPSA) is 155 Å². The Balaban J connectivity index is 2.23. The van der Waals surface area contributed by atoms with Gasteiger partial charge in [-0.1, -0.05) is 52.2 Å². The van der Waals surface area contributed by atoms with Crippen molar-refractivity contribution < 1.29 is 53.1 Å². The Hall–Kier alpha value is -3.18. The van der Waals surface area contributed by atoms with Gasteiger partial charge in [-0.05, 0) is 64.2 Å². The minimum Gasteiger partial charge on any atom is -0.483 e. The van der Waals surface area contributed by atoms with Gasteiger partial charge in [-0.3, -0.25) is 14.4 Å². The van der Waals surface area contributed by atoms with Crippen molar-refractivity contribution in [3.05, 3.63) is 35.1 Å². The lowest BCUT2D eigenvalue weighted by atomic mass is 9.75. The molecule has 0 spiro atoms. The molecule has 8 atom stereocenters. The van der Waals surface area contributed by atoms with Gasteiger partial charge >= 0.3 is 23.9 Å². The zero-order valence-electron chi connectivity index (χ0n) is 28.6. The Morgan fingerprint density at radius 2 is 1.61 bits per heavy atom. The highest BCUT2D eigenvalue weighted by molar-refractivity contribution is 5.85. The molecule has 3 aliphatic rings. The summed E-state index contributed by atoms with van der Waals surface area (Å²) in [6.45, 7) is 17.1. The molecule has 0 aromatic carbocycles. The minimum absolute atomic E-state index is 0.00441. The second-order valence-corrected chi connectivity index (χ2v) is 13.2. The summed E-state index contributed by atoms with van der Waals surface area (Å²) >= 11 is 0. The third-order valence-corrected chi connectivity index (χ3v) is 9.67. The Bertz CT molecular complexity index is 1260. The first-order valence-electron chi connectivity index (χ1n) is 16.4. The first kappa shape index (κ1) is 37.3. The summed E-state index contributed by atoms with van der Waals surface area (Å²) in [7, 11) is 0. The molecule has 1 aliphatic heterocycles. The van der Waals surface area contributed by atoms with Gasteiger partial charge in [0.05, 0.1) is 5.92 Å². The van der Waals surface area contributed by atoms with Crippen LogP contribution >= 0.6 is 0 Å². The van der Waals surface area contributed by atoms with Crippen molar-refractivity contribution >= 4 is 23.9 Å². The Kier molecular flexibility index (Phi) is 11.9. The highest BCUT2D eigenvalue weighted by Crippen LogP contribution is 2.57. The van der Waals surface area contributed by atoms with Crippen LogP contribution in [-0.4, -0.2) is 75.3 Å². The smallest absolute Gasteiger partial charge is 0.341 e. The van der Waals surface area contributed by atoms with Crippen molar-refractivity contribution in [1.29, 1.82) is 0 Å². The van der Waals surface area contributed by atoms with E-state index in [0.717, 1.165) is 38.2 Å². The zero-order valence-corrected chi connectivity index (χ0v) is 28.6. The summed E-state index contributed by atoms with van der Waals surface area (Å²) in [5, 5.41) is 23.9. The number of esters is 4. The van der Waals surface area contributed by atoms with Crippen molar-refractivity contribution in [2.75, 3.05) is 0 Å². The van der Waals surface area contributed by atoms with Crippen LogP contribution in [0.5, 0.6) is 0 Å². The fourth-order valence-corrected chi connectivity index (χ4v) is 6.98. The van der Waals surface area contributed by atoms with Crippen LogP contribution in [-0.2, 0) is 42.9 Å². The maximum atomic E-state index is 13.4. The molecule has 2 N–H and O–H groups in total. The van der Waals surface area contributed by atoms with Crippen LogP contribution < -0.4 is 0 Å². The third kappa shape index (κ3) is 7.05. The van der Waals surface area contributed by atoms with E-state index in [-0.39, 0.29) is 24.8 Å². The summed E-state index contributed by atoms with van der Waals surface area (Å²) in [6, 6.07) is 0. The van der Waals surface area contributed by atoms with Crippen LogP contribution in [0.2, 0.25) is 0 Å². The number of rotatable bonds is 14. The van der Waals surface area contributed by atoms with E-state index in [1.165, 1.54) is 6.92 Å². The van der Waals surface area contributed by atoms with Gasteiger partial charge in [0, 0.05) is 26.2 Å². The number of aliphatic hydroxyl groups is 2. The second-order valence-electron chi connectivity index (χ2n) is 13.2. The van der Waals surface area contributed by atoms with E-state index in [2.05, 4.69) is 13.5 Å². The molecule has 3 rings (SSSR count). The van der Waals surface area contributed by atoms with Crippen LogP contribution in [0.1, 0.15) is 113 Å². The van der Waals surface area contributed by atoms with Gasteiger partial charge in [0.1, 0.15) is 17.5 Å². The molecular formula is C35H52O11. The zero-order chi connectivity index (χ0) is 34.6. The fourth-order valence-electron chi connectivity index (χ4n) is 6.98. The van der Waals surface area contributed by atoms with Crippen LogP contribution in [0.3, 0.4) is 0 Å². The van der Waals surface area contributed by atoms with Crippen molar-refractivity contribution in [2.24, 2.45) is 5.92 Å². The normalized spacial score (nSPS) is 33.8. The lowest BCUT2D eigenvalue weighted by molar-refractivity contribution is -0.211. The maximum absolute atomic E-state index is 13.4. The minimum atomic E-state index is -2.52. The molecule has 1 heterocycles. The van der Waals surface area contributed by atoms with Crippen LogP contribution in [0.25, 0.3) is 0 Å². The molecule has 0 amide bonds. The van der Waals surface area contributed by atoms with Gasteiger partial charge in [-0.25, -0.2) is 4.79 Å². The second kappa shape index (κ2) is 14.7. The monoisotopic (exact) mass is 648 g/mol. The highest BCUT2D eigenvalue weighted by Gasteiger charge is 2.76. The van der Waals surface area contributed by atoms with Gasteiger partial charge in [0.15, 0.2) is 29.5 Å². The number of hydrogen-bond acceptors (Lipinski definition) is 11. The summed E-state index contributed by atoms with van der Waals surface area (Å²) in [4.78, 5) is 52.1. The van der Waals surface area contributed by atoms with E-state index in [1.54, 1.807) is 20.8 Å². The average Bonchev–Trinajstić information content (AvgIpc) is 3.30. The average molecular weight is 649 g/mol. The molecule has 1 saturated heterocycles. The van der Waals surface area contributed by atoms with Gasteiger partial charge in [0.2, 0.25) is 0 Å². The maximum Gasteiger partial charge on any atom is 0.341 e. The number of carbonyl (C=O) groups is 4. The highest BCUT2D eigenvalue weighted by atomic mass is 16.6. The third-order valence-electron chi connectivity index (χ3n) is 9.67. The molecular weight excluding hydrogens is 596 g/mol. The molecule has 0 bridgehead atoms. The van der Waals surface area contributed by atoms with E-state index >= 15 is 0 Å². The molecule has 0 radical (unpaired) electrons. The van der Waals surface area contributed by atoms with E-state index in [9.17, 15) is 29.4 Å². The number of allylic oxidation sites excluding steroid dienone is 2. The fraction of sp³-hybridized carbons (Fsp3) is 0.714. The van der Waals surface area contributed by atoms with E-state index in [0.29, 0.717) is 24.2 Å². The standard InChI is InChI=1S/C35H52O11/c1-10-13-14-15-16-18-26(38)44-30-28-27(21(5)29(30)42-22(6)20(4)12-3)31-35(41,34(9,40)32(39)45-31)24(43-25(37)17-11-2)19-33(28,8)46-23(7)36/h12,24,28-31,40-41H,6,10-11,13-19H2,1-5,7-9H3/b20-12-/t24-,28+,29+,30+,31-,33-,34+,35+/m1/s1. The van der Waals surface area contributed by atoms with Crippen molar-refractivity contribution in [2.45, 2.75) is 154 Å². The molecule has 2 fully saturated rings. The van der Waals surface area contributed by atoms with Gasteiger partial charge in [-0.2, -0.15) is 0 Å². The molecule has 0 aromatic heterocycles. The van der Waals surface area contributed by atoms with E-state index < -0.39 is 71.0 Å². The molecule has 11 nitrogen and oxygen atoms in total.